The molecule has 0 atom stereocenters. The molecule has 87 valence electrons. The van der Waals surface area contributed by atoms with Gasteiger partial charge in [-0.3, -0.25) is 5.11 Å². The monoisotopic (exact) mass is 225 g/mol. The van der Waals surface area contributed by atoms with Crippen LogP contribution >= 0.6 is 0 Å². The number of hydrogen-bond donors (Lipinski definition) is 0. The molecule has 2 rings (SSSR count). The molecule has 0 fully saturated rings. The number of hydrogen-bond acceptors (Lipinski definition) is 0. The van der Waals surface area contributed by atoms with Crippen molar-refractivity contribution >= 4 is 0 Å². The van der Waals surface area contributed by atoms with Crippen molar-refractivity contribution in [3.8, 4) is 16.9 Å². The Morgan fingerprint density at radius 3 is 2.12 bits per heavy atom. The van der Waals surface area contributed by atoms with E-state index in [1.165, 1.54) is 0 Å². The van der Waals surface area contributed by atoms with Crippen LogP contribution < -0.4 is 0 Å². The first-order valence-corrected chi connectivity index (χ1v) is 5.85. The lowest BCUT2D eigenvalue weighted by Crippen LogP contribution is -2.12. The molecular weight excluding hydrogens is 208 g/mol. The van der Waals surface area contributed by atoms with Gasteiger partial charge in [0.1, 0.15) is 0 Å². The van der Waals surface area contributed by atoms with E-state index in [0.29, 0.717) is 0 Å². The predicted octanol–water partition coefficient (Wildman–Crippen LogP) is 4.79. The van der Waals surface area contributed by atoms with Crippen molar-refractivity contribution in [3.63, 3.8) is 0 Å². The van der Waals surface area contributed by atoms with Gasteiger partial charge in [0, 0.05) is 0 Å². The minimum Gasteiger partial charge on any atom is -0.290 e. The summed E-state index contributed by atoms with van der Waals surface area (Å²) in [5, 5.41) is 11.5. The van der Waals surface area contributed by atoms with Gasteiger partial charge in [-0.25, -0.2) is 0 Å². The lowest BCUT2D eigenvalue weighted by Gasteiger charge is -2.23. The molecule has 0 saturated carbocycles. The van der Waals surface area contributed by atoms with E-state index in [2.05, 4.69) is 32.9 Å². The van der Waals surface area contributed by atoms with E-state index in [1.54, 1.807) is 12.1 Å². The highest BCUT2D eigenvalue weighted by Crippen LogP contribution is 2.35. The van der Waals surface area contributed by atoms with Gasteiger partial charge in [-0.15, -0.1) is 0 Å². The SMILES string of the molecule is CC(C)(C)c1cc([O])ccc1-c1ccccc1. The van der Waals surface area contributed by atoms with Crippen LogP contribution in [0.1, 0.15) is 26.3 Å². The molecule has 0 saturated heterocycles. The van der Waals surface area contributed by atoms with Crippen LogP contribution in [0.3, 0.4) is 0 Å². The maximum atomic E-state index is 11.5. The van der Waals surface area contributed by atoms with Crippen molar-refractivity contribution < 1.29 is 5.11 Å². The minimum absolute atomic E-state index is 0.0222. The summed E-state index contributed by atoms with van der Waals surface area (Å²) in [6.45, 7) is 6.40. The molecule has 1 nitrogen and oxygen atoms in total. The molecule has 0 heterocycles. The van der Waals surface area contributed by atoms with Gasteiger partial charge in [-0.05, 0) is 34.2 Å². The van der Waals surface area contributed by atoms with Gasteiger partial charge >= 0.3 is 0 Å². The van der Waals surface area contributed by atoms with E-state index >= 15 is 0 Å². The molecule has 17 heavy (non-hydrogen) atoms. The normalized spacial score (nSPS) is 11.5. The second-order valence-electron chi connectivity index (χ2n) is 5.32. The first-order valence-electron chi connectivity index (χ1n) is 5.85. The fourth-order valence-electron chi connectivity index (χ4n) is 2.01. The van der Waals surface area contributed by atoms with Crippen molar-refractivity contribution in [1.29, 1.82) is 0 Å². The van der Waals surface area contributed by atoms with E-state index in [0.717, 1.165) is 16.7 Å². The third kappa shape index (κ3) is 2.50. The fraction of sp³-hybridized carbons (Fsp3) is 0.250. The van der Waals surface area contributed by atoms with Gasteiger partial charge in [0.05, 0.1) is 0 Å². The molecule has 2 aromatic rings. The average molecular weight is 225 g/mol. The largest absolute Gasteiger partial charge is 0.290 e. The van der Waals surface area contributed by atoms with Crippen molar-refractivity contribution in [2.45, 2.75) is 26.2 Å². The van der Waals surface area contributed by atoms with Crippen LogP contribution in [0, 0.1) is 0 Å². The summed E-state index contributed by atoms with van der Waals surface area (Å²) >= 11 is 0. The molecular formula is C16H17O. The second kappa shape index (κ2) is 4.25. The third-order valence-corrected chi connectivity index (χ3v) is 2.88. The smallest absolute Gasteiger partial charge is 0.178 e. The van der Waals surface area contributed by atoms with Crippen LogP contribution in [0.5, 0.6) is 5.75 Å². The van der Waals surface area contributed by atoms with Crippen LogP contribution in [0.15, 0.2) is 48.5 Å². The van der Waals surface area contributed by atoms with Gasteiger partial charge in [-0.1, -0.05) is 57.2 Å². The third-order valence-electron chi connectivity index (χ3n) is 2.88. The van der Waals surface area contributed by atoms with Gasteiger partial charge < -0.3 is 0 Å². The predicted molar refractivity (Wildman–Crippen MR) is 70.7 cm³/mol. The first-order chi connectivity index (χ1) is 7.98. The number of benzene rings is 2. The molecule has 0 unspecified atom stereocenters. The van der Waals surface area contributed by atoms with Crippen LogP contribution in [-0.4, -0.2) is 0 Å². The Bertz CT molecular complexity index is 507. The summed E-state index contributed by atoms with van der Waals surface area (Å²) in [5.74, 6) is 0.0783. The van der Waals surface area contributed by atoms with E-state index in [-0.39, 0.29) is 11.2 Å². The summed E-state index contributed by atoms with van der Waals surface area (Å²) in [6.07, 6.45) is 0. The van der Waals surface area contributed by atoms with Crippen molar-refractivity contribution in [2.24, 2.45) is 0 Å². The maximum Gasteiger partial charge on any atom is 0.178 e. The Kier molecular flexibility index (Phi) is 2.93. The zero-order valence-corrected chi connectivity index (χ0v) is 10.5. The molecule has 0 bridgehead atoms. The van der Waals surface area contributed by atoms with Gasteiger partial charge in [0.25, 0.3) is 0 Å². The topological polar surface area (TPSA) is 19.9 Å². The Balaban J connectivity index is 2.63. The van der Waals surface area contributed by atoms with E-state index in [4.69, 9.17) is 0 Å². The second-order valence-corrected chi connectivity index (χ2v) is 5.32. The molecule has 0 N–H and O–H groups in total. The van der Waals surface area contributed by atoms with Crippen molar-refractivity contribution in [1.82, 2.24) is 0 Å². The lowest BCUT2D eigenvalue weighted by molar-refractivity contribution is 0.353. The van der Waals surface area contributed by atoms with Crippen LogP contribution in [0.25, 0.3) is 11.1 Å². The fourth-order valence-corrected chi connectivity index (χ4v) is 2.01. The summed E-state index contributed by atoms with van der Waals surface area (Å²) in [6, 6.07) is 15.5. The van der Waals surface area contributed by atoms with E-state index in [1.807, 2.05) is 24.3 Å². The Hall–Kier alpha value is -1.76. The summed E-state index contributed by atoms with van der Waals surface area (Å²) in [5.41, 5.74) is 3.40. The molecule has 0 aliphatic heterocycles. The summed E-state index contributed by atoms with van der Waals surface area (Å²) < 4.78 is 0. The standard InChI is InChI=1S/C16H17O/c1-16(2,3)15-11-13(17)9-10-14(15)12-7-5-4-6-8-12/h4-11H,1-3H3. The van der Waals surface area contributed by atoms with Gasteiger partial charge in [0.2, 0.25) is 0 Å². The van der Waals surface area contributed by atoms with Crippen molar-refractivity contribution in [3.05, 3.63) is 54.1 Å². The Labute approximate surface area is 103 Å². The Morgan fingerprint density at radius 1 is 0.882 bits per heavy atom. The maximum absolute atomic E-state index is 11.5. The Morgan fingerprint density at radius 2 is 1.53 bits per heavy atom. The summed E-state index contributed by atoms with van der Waals surface area (Å²) in [4.78, 5) is 0. The highest BCUT2D eigenvalue weighted by molar-refractivity contribution is 5.69. The highest BCUT2D eigenvalue weighted by atomic mass is 16.3. The molecule has 0 spiro atoms. The number of rotatable bonds is 1. The zero-order chi connectivity index (χ0) is 12.5. The van der Waals surface area contributed by atoms with Gasteiger partial charge in [-0.2, -0.15) is 0 Å². The first kappa shape index (κ1) is 11.7. The molecule has 0 aromatic heterocycles. The molecule has 1 heteroatoms. The average Bonchev–Trinajstić information content (AvgIpc) is 2.29. The van der Waals surface area contributed by atoms with E-state index < -0.39 is 0 Å². The van der Waals surface area contributed by atoms with Crippen LogP contribution in [0.4, 0.5) is 0 Å². The molecule has 0 aliphatic rings. The summed E-state index contributed by atoms with van der Waals surface area (Å²) in [7, 11) is 0. The van der Waals surface area contributed by atoms with Crippen LogP contribution in [0.2, 0.25) is 0 Å². The zero-order valence-electron chi connectivity index (χ0n) is 10.5. The minimum atomic E-state index is -0.0222. The van der Waals surface area contributed by atoms with E-state index in [9.17, 15) is 5.11 Å². The van der Waals surface area contributed by atoms with Gasteiger partial charge in [0.15, 0.2) is 5.75 Å². The molecule has 0 amide bonds. The molecule has 1 radical (unpaired) electrons. The van der Waals surface area contributed by atoms with Crippen molar-refractivity contribution in [2.75, 3.05) is 0 Å². The van der Waals surface area contributed by atoms with Crippen LogP contribution in [-0.2, 0) is 10.5 Å². The molecule has 0 aliphatic carbocycles. The quantitative estimate of drug-likeness (QED) is 0.664. The highest BCUT2D eigenvalue weighted by Gasteiger charge is 2.19. The molecule has 2 aromatic carbocycles. The lowest BCUT2D eigenvalue weighted by atomic mass is 9.82.